The van der Waals surface area contributed by atoms with E-state index in [9.17, 15) is 4.79 Å². The number of carbonyl (C=O) groups is 1. The molecule has 0 aromatic heterocycles. The minimum absolute atomic E-state index is 0.0624. The molecule has 0 saturated heterocycles. The standard InChI is InChI=1S/C18H27ClN2O/c1-13-16(19)11-8-12-17(13)21-18(22)14(2)20-15-9-6-4-3-5-7-10-15/h8,11-12,14-15,20H,3-7,9-10H2,1-2H3,(H,21,22)/p+1/t14-/m0/s1. The van der Waals surface area contributed by atoms with Crippen molar-refractivity contribution in [1.29, 1.82) is 0 Å². The highest BCUT2D eigenvalue weighted by Gasteiger charge is 2.22. The molecule has 1 atom stereocenters. The molecule has 1 aromatic rings. The van der Waals surface area contributed by atoms with Crippen molar-refractivity contribution in [1.82, 2.24) is 0 Å². The van der Waals surface area contributed by atoms with Crippen LogP contribution in [0.4, 0.5) is 5.69 Å². The zero-order valence-electron chi connectivity index (χ0n) is 13.7. The number of benzene rings is 1. The summed E-state index contributed by atoms with van der Waals surface area (Å²) >= 11 is 6.11. The zero-order chi connectivity index (χ0) is 15.9. The molecular formula is C18H28ClN2O+. The number of hydrogen-bond donors (Lipinski definition) is 2. The van der Waals surface area contributed by atoms with E-state index in [1.54, 1.807) is 0 Å². The van der Waals surface area contributed by atoms with E-state index >= 15 is 0 Å². The number of carbonyl (C=O) groups excluding carboxylic acids is 1. The molecule has 122 valence electrons. The van der Waals surface area contributed by atoms with Gasteiger partial charge in [-0.3, -0.25) is 4.79 Å². The number of anilines is 1. The van der Waals surface area contributed by atoms with E-state index in [0.717, 1.165) is 11.3 Å². The lowest BCUT2D eigenvalue weighted by Gasteiger charge is -2.22. The van der Waals surface area contributed by atoms with Crippen LogP contribution in [0.3, 0.4) is 0 Å². The summed E-state index contributed by atoms with van der Waals surface area (Å²) in [6, 6.07) is 6.14. The molecule has 1 fully saturated rings. The fourth-order valence-corrected chi connectivity index (χ4v) is 3.34. The Labute approximate surface area is 138 Å². The topological polar surface area (TPSA) is 45.7 Å². The van der Waals surface area contributed by atoms with E-state index in [-0.39, 0.29) is 11.9 Å². The van der Waals surface area contributed by atoms with Gasteiger partial charge in [0.2, 0.25) is 0 Å². The highest BCUT2D eigenvalue weighted by atomic mass is 35.5. The second kappa shape index (κ2) is 8.54. The van der Waals surface area contributed by atoms with Gasteiger partial charge in [0, 0.05) is 10.7 Å². The van der Waals surface area contributed by atoms with Crippen LogP contribution in [0, 0.1) is 6.92 Å². The number of amides is 1. The quantitative estimate of drug-likeness (QED) is 0.872. The Kier molecular flexibility index (Phi) is 6.71. The van der Waals surface area contributed by atoms with Crippen LogP contribution in [0.15, 0.2) is 18.2 Å². The maximum absolute atomic E-state index is 12.4. The number of rotatable bonds is 4. The Morgan fingerprint density at radius 3 is 2.55 bits per heavy atom. The van der Waals surface area contributed by atoms with Crippen molar-refractivity contribution in [2.24, 2.45) is 0 Å². The third kappa shape index (κ3) is 4.99. The van der Waals surface area contributed by atoms with E-state index in [1.165, 1.54) is 44.9 Å². The summed E-state index contributed by atoms with van der Waals surface area (Å²) in [7, 11) is 0. The molecule has 3 N–H and O–H groups in total. The Hall–Kier alpha value is -1.06. The average Bonchev–Trinajstić information content (AvgIpc) is 2.46. The maximum Gasteiger partial charge on any atom is 0.282 e. The summed E-state index contributed by atoms with van der Waals surface area (Å²) in [5, 5.41) is 5.95. The maximum atomic E-state index is 12.4. The predicted molar refractivity (Wildman–Crippen MR) is 92.3 cm³/mol. The molecule has 1 amide bonds. The summed E-state index contributed by atoms with van der Waals surface area (Å²) in [6.07, 6.45) is 9.10. The molecular weight excluding hydrogens is 296 g/mol. The van der Waals surface area contributed by atoms with Crippen molar-refractivity contribution in [3.8, 4) is 0 Å². The van der Waals surface area contributed by atoms with Crippen molar-refractivity contribution in [2.75, 3.05) is 5.32 Å². The average molecular weight is 324 g/mol. The minimum Gasteiger partial charge on any atom is -0.334 e. The van der Waals surface area contributed by atoms with Crippen LogP contribution in [0.25, 0.3) is 0 Å². The van der Waals surface area contributed by atoms with E-state index in [1.807, 2.05) is 32.0 Å². The Bertz CT molecular complexity index is 496. The number of hydrogen-bond acceptors (Lipinski definition) is 1. The van der Waals surface area contributed by atoms with Crippen molar-refractivity contribution in [3.63, 3.8) is 0 Å². The van der Waals surface area contributed by atoms with Crippen LogP contribution in [0.1, 0.15) is 57.4 Å². The summed E-state index contributed by atoms with van der Waals surface area (Å²) in [4.78, 5) is 12.4. The van der Waals surface area contributed by atoms with Gasteiger partial charge in [-0.1, -0.05) is 36.9 Å². The van der Waals surface area contributed by atoms with E-state index in [4.69, 9.17) is 11.6 Å². The number of quaternary nitrogens is 1. The molecule has 1 aliphatic rings. The molecule has 4 heteroatoms. The Balaban J connectivity index is 1.89. The van der Waals surface area contributed by atoms with Gasteiger partial charge in [0.1, 0.15) is 0 Å². The van der Waals surface area contributed by atoms with E-state index < -0.39 is 0 Å². The summed E-state index contributed by atoms with van der Waals surface area (Å²) in [6.45, 7) is 3.93. The van der Waals surface area contributed by atoms with Crippen molar-refractivity contribution >= 4 is 23.2 Å². The lowest BCUT2D eigenvalue weighted by molar-refractivity contribution is -0.707. The molecule has 0 aliphatic heterocycles. The molecule has 0 spiro atoms. The lowest BCUT2D eigenvalue weighted by Crippen LogP contribution is -2.96. The monoisotopic (exact) mass is 323 g/mol. The van der Waals surface area contributed by atoms with Crippen LogP contribution in [-0.2, 0) is 4.79 Å². The van der Waals surface area contributed by atoms with Crippen LogP contribution in [0.5, 0.6) is 0 Å². The summed E-state index contributed by atoms with van der Waals surface area (Å²) in [5.74, 6) is 0.0624. The zero-order valence-corrected chi connectivity index (χ0v) is 14.5. The number of halogens is 1. The molecule has 0 radical (unpaired) electrons. The Morgan fingerprint density at radius 1 is 1.23 bits per heavy atom. The van der Waals surface area contributed by atoms with E-state index in [0.29, 0.717) is 11.1 Å². The smallest absolute Gasteiger partial charge is 0.282 e. The van der Waals surface area contributed by atoms with Gasteiger partial charge < -0.3 is 10.6 Å². The predicted octanol–water partition coefficient (Wildman–Crippen LogP) is 3.65. The van der Waals surface area contributed by atoms with Crippen LogP contribution in [0.2, 0.25) is 5.02 Å². The third-order valence-electron chi connectivity index (χ3n) is 4.65. The molecule has 2 rings (SSSR count). The fourth-order valence-electron chi connectivity index (χ4n) is 3.17. The van der Waals surface area contributed by atoms with Gasteiger partial charge in [-0.05, 0) is 57.2 Å². The van der Waals surface area contributed by atoms with Gasteiger partial charge in [-0.15, -0.1) is 0 Å². The number of nitrogens with one attached hydrogen (secondary N) is 1. The molecule has 0 bridgehead atoms. The van der Waals surface area contributed by atoms with Crippen molar-refractivity contribution in [2.45, 2.75) is 70.9 Å². The van der Waals surface area contributed by atoms with Gasteiger partial charge in [-0.25, -0.2) is 0 Å². The van der Waals surface area contributed by atoms with E-state index in [2.05, 4.69) is 10.6 Å². The SMILES string of the molecule is Cc1c(Cl)cccc1NC(=O)[C@H](C)[NH2+]C1CCCCCCC1. The van der Waals surface area contributed by atoms with Gasteiger partial charge in [-0.2, -0.15) is 0 Å². The first-order valence-corrected chi connectivity index (χ1v) is 8.86. The minimum atomic E-state index is -0.0668. The van der Waals surface area contributed by atoms with Crippen molar-refractivity contribution < 1.29 is 10.1 Å². The second-order valence-electron chi connectivity index (χ2n) is 6.49. The van der Waals surface area contributed by atoms with Crippen LogP contribution >= 0.6 is 11.6 Å². The first-order chi connectivity index (χ1) is 10.6. The lowest BCUT2D eigenvalue weighted by atomic mass is 9.96. The van der Waals surface area contributed by atoms with Gasteiger partial charge in [0.25, 0.3) is 5.91 Å². The first kappa shape index (κ1) is 17.3. The van der Waals surface area contributed by atoms with Crippen molar-refractivity contribution in [3.05, 3.63) is 28.8 Å². The normalized spacial score (nSPS) is 18.3. The van der Waals surface area contributed by atoms with Crippen LogP contribution in [-0.4, -0.2) is 18.0 Å². The largest absolute Gasteiger partial charge is 0.334 e. The molecule has 3 nitrogen and oxygen atoms in total. The third-order valence-corrected chi connectivity index (χ3v) is 5.06. The molecule has 1 aromatic carbocycles. The highest BCUT2D eigenvalue weighted by Crippen LogP contribution is 2.23. The van der Waals surface area contributed by atoms with Crippen LogP contribution < -0.4 is 10.6 Å². The molecule has 0 heterocycles. The molecule has 0 unspecified atom stereocenters. The first-order valence-electron chi connectivity index (χ1n) is 8.49. The summed E-state index contributed by atoms with van der Waals surface area (Å²) in [5.41, 5.74) is 1.74. The van der Waals surface area contributed by atoms with Gasteiger partial charge in [0.15, 0.2) is 6.04 Å². The van der Waals surface area contributed by atoms with Gasteiger partial charge in [0.05, 0.1) is 6.04 Å². The fraction of sp³-hybridized carbons (Fsp3) is 0.611. The molecule has 1 aliphatic carbocycles. The summed E-state index contributed by atoms with van der Waals surface area (Å²) < 4.78 is 0. The van der Waals surface area contributed by atoms with Gasteiger partial charge >= 0.3 is 0 Å². The second-order valence-corrected chi connectivity index (χ2v) is 6.90. The number of nitrogens with two attached hydrogens (primary N) is 1. The highest BCUT2D eigenvalue weighted by molar-refractivity contribution is 6.31. The molecule has 1 saturated carbocycles. The Morgan fingerprint density at radius 2 is 1.86 bits per heavy atom. The molecule has 22 heavy (non-hydrogen) atoms.